The summed E-state index contributed by atoms with van der Waals surface area (Å²) >= 11 is 1.33. The molecule has 2 N–H and O–H groups in total. The Balaban J connectivity index is 2.05. The van der Waals surface area contributed by atoms with Crippen molar-refractivity contribution in [3.05, 3.63) is 22.4 Å². The molecular weight excluding hydrogens is 280 g/mol. The number of amides is 2. The lowest BCUT2D eigenvalue weighted by atomic mass is 10.2. The van der Waals surface area contributed by atoms with Crippen molar-refractivity contribution in [2.24, 2.45) is 0 Å². The zero-order valence-corrected chi connectivity index (χ0v) is 11.9. The van der Waals surface area contributed by atoms with E-state index in [9.17, 15) is 14.4 Å². The second kappa shape index (κ2) is 6.04. The van der Waals surface area contributed by atoms with Crippen LogP contribution in [0.3, 0.4) is 0 Å². The summed E-state index contributed by atoms with van der Waals surface area (Å²) < 4.78 is 0. The lowest BCUT2D eigenvalue weighted by molar-refractivity contribution is -0.141. The molecule has 1 unspecified atom stereocenters. The predicted molar refractivity (Wildman–Crippen MR) is 73.6 cm³/mol. The van der Waals surface area contributed by atoms with Gasteiger partial charge in [0.1, 0.15) is 12.1 Å². The number of hydrogen-bond donors (Lipinski definition) is 2. The molecule has 108 valence electrons. The number of rotatable bonds is 4. The Labute approximate surface area is 120 Å². The summed E-state index contributed by atoms with van der Waals surface area (Å²) in [5, 5.41) is 13.0. The van der Waals surface area contributed by atoms with Crippen LogP contribution >= 0.6 is 11.3 Å². The van der Waals surface area contributed by atoms with Gasteiger partial charge >= 0.3 is 5.97 Å². The molecule has 7 heteroatoms. The molecular formula is C13H16N2O4S. The third-order valence-electron chi connectivity index (χ3n) is 3.28. The number of likely N-dealkylation sites (tertiary alicyclic amines) is 1. The molecule has 0 radical (unpaired) electrons. The van der Waals surface area contributed by atoms with E-state index in [-0.39, 0.29) is 5.91 Å². The van der Waals surface area contributed by atoms with Gasteiger partial charge in [0.15, 0.2) is 0 Å². The molecule has 1 aromatic rings. The summed E-state index contributed by atoms with van der Waals surface area (Å²) in [6, 6.07) is 1.98. The van der Waals surface area contributed by atoms with Crippen molar-refractivity contribution in [2.45, 2.75) is 31.8 Å². The average Bonchev–Trinajstić information content (AvgIpc) is 3.08. The zero-order valence-electron chi connectivity index (χ0n) is 11.0. The highest BCUT2D eigenvalue weighted by molar-refractivity contribution is 7.12. The SMILES string of the molecule is CC(NC(=O)[C@@H]1CCCN1C(=O)c1cccs1)C(=O)O. The van der Waals surface area contributed by atoms with Gasteiger partial charge in [-0.15, -0.1) is 11.3 Å². The maximum atomic E-state index is 12.3. The second-order valence-corrected chi connectivity index (χ2v) is 5.65. The van der Waals surface area contributed by atoms with E-state index in [1.54, 1.807) is 12.1 Å². The number of aliphatic carboxylic acids is 1. The monoisotopic (exact) mass is 296 g/mol. The molecule has 2 atom stereocenters. The van der Waals surface area contributed by atoms with Crippen molar-refractivity contribution in [3.8, 4) is 0 Å². The van der Waals surface area contributed by atoms with Gasteiger partial charge in [0, 0.05) is 6.54 Å². The maximum absolute atomic E-state index is 12.3. The molecule has 2 heterocycles. The summed E-state index contributed by atoms with van der Waals surface area (Å²) in [4.78, 5) is 37.2. The molecule has 0 spiro atoms. The Kier molecular flexibility index (Phi) is 4.39. The van der Waals surface area contributed by atoms with E-state index in [1.165, 1.54) is 23.2 Å². The van der Waals surface area contributed by atoms with Gasteiger partial charge in [0.2, 0.25) is 5.91 Å². The van der Waals surface area contributed by atoms with Crippen LogP contribution in [-0.4, -0.2) is 46.4 Å². The highest BCUT2D eigenvalue weighted by Crippen LogP contribution is 2.22. The van der Waals surface area contributed by atoms with E-state index in [1.807, 2.05) is 5.38 Å². The van der Waals surface area contributed by atoms with Gasteiger partial charge < -0.3 is 15.3 Å². The summed E-state index contributed by atoms with van der Waals surface area (Å²) in [5.74, 6) is -1.66. The minimum Gasteiger partial charge on any atom is -0.480 e. The van der Waals surface area contributed by atoms with E-state index in [4.69, 9.17) is 5.11 Å². The molecule has 2 rings (SSSR count). The van der Waals surface area contributed by atoms with Crippen molar-refractivity contribution in [3.63, 3.8) is 0 Å². The van der Waals surface area contributed by atoms with E-state index in [2.05, 4.69) is 5.32 Å². The Bertz CT molecular complexity index is 514. The first-order chi connectivity index (χ1) is 9.50. The lowest BCUT2D eigenvalue weighted by Gasteiger charge is -2.24. The average molecular weight is 296 g/mol. The summed E-state index contributed by atoms with van der Waals surface area (Å²) in [7, 11) is 0. The summed E-state index contributed by atoms with van der Waals surface area (Å²) in [6.07, 6.45) is 1.31. The number of carbonyl (C=O) groups is 3. The normalized spacial score (nSPS) is 19.6. The summed E-state index contributed by atoms with van der Waals surface area (Å²) in [6.45, 7) is 1.93. The first-order valence-electron chi connectivity index (χ1n) is 6.38. The van der Waals surface area contributed by atoms with Gasteiger partial charge in [-0.3, -0.25) is 14.4 Å². The molecule has 0 bridgehead atoms. The highest BCUT2D eigenvalue weighted by atomic mass is 32.1. The molecule has 2 amide bonds. The number of nitrogens with zero attached hydrogens (tertiary/aromatic N) is 1. The van der Waals surface area contributed by atoms with Crippen LogP contribution < -0.4 is 5.32 Å². The Morgan fingerprint density at radius 1 is 1.50 bits per heavy atom. The first-order valence-corrected chi connectivity index (χ1v) is 7.26. The standard InChI is InChI=1S/C13H16N2O4S/c1-8(13(18)19)14-11(16)9-4-2-6-15(9)12(17)10-5-3-7-20-10/h3,5,7-9H,2,4,6H2,1H3,(H,14,16)(H,18,19)/t8?,9-/m0/s1. The van der Waals surface area contributed by atoms with Gasteiger partial charge in [-0.05, 0) is 31.2 Å². The van der Waals surface area contributed by atoms with E-state index < -0.39 is 24.0 Å². The Morgan fingerprint density at radius 2 is 2.25 bits per heavy atom. The Morgan fingerprint density at radius 3 is 2.85 bits per heavy atom. The van der Waals surface area contributed by atoms with Gasteiger partial charge in [0.05, 0.1) is 4.88 Å². The highest BCUT2D eigenvalue weighted by Gasteiger charge is 2.35. The number of thiophene rings is 1. The van der Waals surface area contributed by atoms with Crippen molar-refractivity contribution in [2.75, 3.05) is 6.54 Å². The molecule has 1 aromatic heterocycles. The topological polar surface area (TPSA) is 86.7 Å². The van der Waals surface area contributed by atoms with E-state index >= 15 is 0 Å². The van der Waals surface area contributed by atoms with Crippen molar-refractivity contribution >= 4 is 29.1 Å². The van der Waals surface area contributed by atoms with Crippen LogP contribution in [0.5, 0.6) is 0 Å². The smallest absolute Gasteiger partial charge is 0.325 e. The molecule has 0 saturated carbocycles. The molecule has 1 fully saturated rings. The minimum absolute atomic E-state index is 0.166. The fraction of sp³-hybridized carbons (Fsp3) is 0.462. The molecule has 20 heavy (non-hydrogen) atoms. The largest absolute Gasteiger partial charge is 0.480 e. The zero-order chi connectivity index (χ0) is 14.7. The van der Waals surface area contributed by atoms with Crippen molar-refractivity contribution in [1.29, 1.82) is 0 Å². The Hall–Kier alpha value is -1.89. The van der Waals surface area contributed by atoms with Crippen LogP contribution in [0.1, 0.15) is 29.4 Å². The first kappa shape index (κ1) is 14.5. The van der Waals surface area contributed by atoms with Gasteiger partial charge in [-0.2, -0.15) is 0 Å². The number of carboxylic acid groups (broad SMARTS) is 1. The third-order valence-corrected chi connectivity index (χ3v) is 4.14. The third kappa shape index (κ3) is 2.98. The molecule has 1 saturated heterocycles. The minimum atomic E-state index is -1.09. The van der Waals surface area contributed by atoms with Crippen LogP contribution in [0.4, 0.5) is 0 Å². The van der Waals surface area contributed by atoms with Crippen LogP contribution in [0.2, 0.25) is 0 Å². The number of hydrogen-bond acceptors (Lipinski definition) is 4. The quantitative estimate of drug-likeness (QED) is 0.866. The summed E-state index contributed by atoms with van der Waals surface area (Å²) in [5.41, 5.74) is 0. The molecule has 6 nitrogen and oxygen atoms in total. The van der Waals surface area contributed by atoms with Crippen LogP contribution in [0, 0.1) is 0 Å². The van der Waals surface area contributed by atoms with Crippen LogP contribution in [0.25, 0.3) is 0 Å². The molecule has 1 aliphatic rings. The predicted octanol–water partition coefficient (Wildman–Crippen LogP) is 0.942. The second-order valence-electron chi connectivity index (χ2n) is 4.70. The van der Waals surface area contributed by atoms with Crippen LogP contribution in [-0.2, 0) is 9.59 Å². The number of carbonyl (C=O) groups excluding carboxylic acids is 2. The molecule has 1 aliphatic heterocycles. The van der Waals surface area contributed by atoms with Crippen molar-refractivity contribution < 1.29 is 19.5 Å². The van der Waals surface area contributed by atoms with E-state index in [0.717, 1.165) is 6.42 Å². The van der Waals surface area contributed by atoms with Crippen LogP contribution in [0.15, 0.2) is 17.5 Å². The van der Waals surface area contributed by atoms with Gasteiger partial charge in [-0.1, -0.05) is 6.07 Å². The van der Waals surface area contributed by atoms with E-state index in [0.29, 0.717) is 17.8 Å². The fourth-order valence-corrected chi connectivity index (χ4v) is 2.87. The van der Waals surface area contributed by atoms with Crippen molar-refractivity contribution in [1.82, 2.24) is 10.2 Å². The molecule has 0 aromatic carbocycles. The number of carboxylic acids is 1. The fourth-order valence-electron chi connectivity index (χ4n) is 2.20. The molecule has 0 aliphatic carbocycles. The van der Waals surface area contributed by atoms with Gasteiger partial charge in [0.25, 0.3) is 5.91 Å². The number of nitrogens with one attached hydrogen (secondary N) is 1. The lowest BCUT2D eigenvalue weighted by Crippen LogP contribution is -2.49. The maximum Gasteiger partial charge on any atom is 0.325 e. The van der Waals surface area contributed by atoms with Gasteiger partial charge in [-0.25, -0.2) is 0 Å².